The molecule has 0 radical (unpaired) electrons. The molecule has 0 saturated carbocycles. The van der Waals surface area contributed by atoms with Crippen molar-refractivity contribution in [3.63, 3.8) is 0 Å². The average Bonchev–Trinajstić information content (AvgIpc) is 2.39. The second-order valence-electron chi connectivity index (χ2n) is 3.77. The van der Waals surface area contributed by atoms with Crippen LogP contribution in [0.3, 0.4) is 0 Å². The first-order chi connectivity index (χ1) is 8.74. The van der Waals surface area contributed by atoms with Crippen LogP contribution in [0.4, 0.5) is 0 Å². The van der Waals surface area contributed by atoms with Crippen molar-refractivity contribution in [3.8, 4) is 11.3 Å². The Balaban J connectivity index is 2.55. The van der Waals surface area contributed by atoms with Crippen LogP contribution >= 0.6 is 0 Å². The Kier molecular flexibility index (Phi) is 3.67. The van der Waals surface area contributed by atoms with Gasteiger partial charge in [-0.1, -0.05) is 30.3 Å². The van der Waals surface area contributed by atoms with Gasteiger partial charge in [0.2, 0.25) is 0 Å². The smallest absolute Gasteiger partial charge is 0.342 e. The van der Waals surface area contributed by atoms with Gasteiger partial charge in [-0.25, -0.2) is 14.8 Å². The van der Waals surface area contributed by atoms with Gasteiger partial charge in [0.1, 0.15) is 11.9 Å². The maximum Gasteiger partial charge on any atom is 0.342 e. The molecule has 4 nitrogen and oxygen atoms in total. The highest BCUT2D eigenvalue weighted by Crippen LogP contribution is 2.23. The lowest BCUT2D eigenvalue weighted by atomic mass is 10.1. The molecule has 2 rings (SSSR count). The number of esters is 1. The van der Waals surface area contributed by atoms with Crippen molar-refractivity contribution in [1.82, 2.24) is 9.97 Å². The van der Waals surface area contributed by atoms with Crippen LogP contribution in [-0.4, -0.2) is 22.5 Å². The summed E-state index contributed by atoms with van der Waals surface area (Å²) in [7, 11) is 0. The molecule has 0 aliphatic heterocycles. The number of aryl methyl sites for hydroxylation is 1. The van der Waals surface area contributed by atoms with Gasteiger partial charge in [0.05, 0.1) is 18.0 Å². The normalized spacial score (nSPS) is 10.1. The van der Waals surface area contributed by atoms with Gasteiger partial charge in [-0.3, -0.25) is 0 Å². The summed E-state index contributed by atoms with van der Waals surface area (Å²) in [4.78, 5) is 20.2. The Morgan fingerprint density at radius 1 is 1.22 bits per heavy atom. The zero-order valence-electron chi connectivity index (χ0n) is 10.4. The third-order valence-electron chi connectivity index (χ3n) is 2.56. The van der Waals surface area contributed by atoms with Crippen LogP contribution < -0.4 is 0 Å². The van der Waals surface area contributed by atoms with Gasteiger partial charge in [-0.15, -0.1) is 0 Å². The van der Waals surface area contributed by atoms with Crippen LogP contribution in [0.25, 0.3) is 11.3 Å². The van der Waals surface area contributed by atoms with Crippen molar-refractivity contribution in [2.24, 2.45) is 0 Å². The SMILES string of the molecule is CCOC(=O)c1c(C)ncnc1-c1ccccc1. The quantitative estimate of drug-likeness (QED) is 0.776. The van der Waals surface area contributed by atoms with Crippen LogP contribution in [0.15, 0.2) is 36.7 Å². The van der Waals surface area contributed by atoms with Gasteiger partial charge >= 0.3 is 5.97 Å². The minimum atomic E-state index is -0.380. The van der Waals surface area contributed by atoms with E-state index in [1.54, 1.807) is 13.8 Å². The number of aromatic nitrogens is 2. The molecule has 18 heavy (non-hydrogen) atoms. The summed E-state index contributed by atoms with van der Waals surface area (Å²) >= 11 is 0. The fourth-order valence-corrected chi connectivity index (χ4v) is 1.74. The zero-order valence-corrected chi connectivity index (χ0v) is 10.4. The lowest BCUT2D eigenvalue weighted by molar-refractivity contribution is 0.0525. The molecule has 0 N–H and O–H groups in total. The molecule has 1 heterocycles. The molecule has 0 fully saturated rings. The van der Waals surface area contributed by atoms with Gasteiger partial charge in [-0.05, 0) is 13.8 Å². The van der Waals surface area contributed by atoms with Crippen molar-refractivity contribution in [1.29, 1.82) is 0 Å². The van der Waals surface area contributed by atoms with Crippen molar-refractivity contribution in [2.45, 2.75) is 13.8 Å². The average molecular weight is 242 g/mol. The molecule has 0 unspecified atom stereocenters. The maximum atomic E-state index is 12.0. The molecule has 1 aromatic carbocycles. The molecular weight excluding hydrogens is 228 g/mol. The van der Waals surface area contributed by atoms with Gasteiger partial charge in [0.25, 0.3) is 0 Å². The molecule has 0 spiro atoms. The van der Waals surface area contributed by atoms with Crippen LogP contribution in [0.5, 0.6) is 0 Å². The summed E-state index contributed by atoms with van der Waals surface area (Å²) in [5.74, 6) is -0.380. The predicted octanol–water partition coefficient (Wildman–Crippen LogP) is 2.63. The van der Waals surface area contributed by atoms with Gasteiger partial charge in [0, 0.05) is 5.56 Å². The monoisotopic (exact) mass is 242 g/mol. The number of hydrogen-bond acceptors (Lipinski definition) is 4. The van der Waals surface area contributed by atoms with Gasteiger partial charge in [0.15, 0.2) is 0 Å². The second-order valence-corrected chi connectivity index (χ2v) is 3.77. The fraction of sp³-hybridized carbons (Fsp3) is 0.214. The summed E-state index contributed by atoms with van der Waals surface area (Å²) in [5.41, 5.74) is 2.56. The standard InChI is InChI=1S/C14H14N2O2/c1-3-18-14(17)12-10(2)15-9-16-13(12)11-7-5-4-6-8-11/h4-9H,3H2,1-2H3. The summed E-state index contributed by atoms with van der Waals surface area (Å²) < 4.78 is 5.05. The first-order valence-corrected chi connectivity index (χ1v) is 5.78. The van der Waals surface area contributed by atoms with E-state index in [1.807, 2.05) is 30.3 Å². The van der Waals surface area contributed by atoms with E-state index in [1.165, 1.54) is 6.33 Å². The molecule has 0 aliphatic carbocycles. The molecule has 1 aromatic heterocycles. The predicted molar refractivity (Wildman–Crippen MR) is 68.2 cm³/mol. The zero-order chi connectivity index (χ0) is 13.0. The molecule has 4 heteroatoms. The first-order valence-electron chi connectivity index (χ1n) is 5.78. The largest absolute Gasteiger partial charge is 0.462 e. The van der Waals surface area contributed by atoms with E-state index in [0.29, 0.717) is 23.6 Å². The maximum absolute atomic E-state index is 12.0. The minimum Gasteiger partial charge on any atom is -0.462 e. The summed E-state index contributed by atoms with van der Waals surface area (Å²) in [5, 5.41) is 0. The van der Waals surface area contributed by atoms with E-state index in [0.717, 1.165) is 5.56 Å². The molecule has 2 aromatic rings. The molecule has 0 aliphatic rings. The first kappa shape index (κ1) is 12.2. The van der Waals surface area contributed by atoms with Crippen molar-refractivity contribution in [2.75, 3.05) is 6.61 Å². The lowest BCUT2D eigenvalue weighted by Crippen LogP contribution is -2.11. The third kappa shape index (κ3) is 2.37. The highest BCUT2D eigenvalue weighted by atomic mass is 16.5. The Labute approximate surface area is 106 Å². The van der Waals surface area contributed by atoms with E-state index < -0.39 is 0 Å². The number of carbonyl (C=O) groups excluding carboxylic acids is 1. The number of benzene rings is 1. The number of rotatable bonds is 3. The van der Waals surface area contributed by atoms with Gasteiger partial charge in [-0.2, -0.15) is 0 Å². The van der Waals surface area contributed by atoms with E-state index in [4.69, 9.17) is 4.74 Å². The summed E-state index contributed by atoms with van der Waals surface area (Å²) in [6.45, 7) is 3.89. The fourth-order valence-electron chi connectivity index (χ4n) is 1.74. The molecule has 0 atom stereocenters. The summed E-state index contributed by atoms with van der Waals surface area (Å²) in [6, 6.07) is 9.54. The van der Waals surface area contributed by atoms with Crippen LogP contribution in [0.1, 0.15) is 23.0 Å². The summed E-state index contributed by atoms with van der Waals surface area (Å²) in [6.07, 6.45) is 1.46. The van der Waals surface area contributed by atoms with Crippen molar-refractivity contribution < 1.29 is 9.53 Å². The second kappa shape index (κ2) is 5.40. The Morgan fingerprint density at radius 3 is 2.61 bits per heavy atom. The van der Waals surface area contributed by atoms with E-state index in [9.17, 15) is 4.79 Å². The lowest BCUT2D eigenvalue weighted by Gasteiger charge is -2.09. The van der Waals surface area contributed by atoms with Crippen LogP contribution in [0.2, 0.25) is 0 Å². The van der Waals surface area contributed by atoms with Crippen molar-refractivity contribution >= 4 is 5.97 Å². The van der Waals surface area contributed by atoms with Crippen LogP contribution in [0, 0.1) is 6.92 Å². The topological polar surface area (TPSA) is 52.1 Å². The van der Waals surface area contributed by atoms with E-state index in [-0.39, 0.29) is 5.97 Å². The van der Waals surface area contributed by atoms with Crippen LogP contribution in [-0.2, 0) is 4.74 Å². The third-order valence-corrected chi connectivity index (χ3v) is 2.56. The van der Waals surface area contributed by atoms with Crippen molar-refractivity contribution in [3.05, 3.63) is 47.9 Å². The number of carbonyl (C=O) groups is 1. The molecule has 92 valence electrons. The molecule has 0 amide bonds. The Morgan fingerprint density at radius 2 is 1.94 bits per heavy atom. The van der Waals surface area contributed by atoms with E-state index >= 15 is 0 Å². The highest BCUT2D eigenvalue weighted by molar-refractivity contribution is 5.97. The number of hydrogen-bond donors (Lipinski definition) is 0. The van der Waals surface area contributed by atoms with Gasteiger partial charge < -0.3 is 4.74 Å². The Bertz CT molecular complexity index is 553. The molecule has 0 saturated heterocycles. The number of nitrogens with zero attached hydrogens (tertiary/aromatic N) is 2. The highest BCUT2D eigenvalue weighted by Gasteiger charge is 2.18. The van der Waals surface area contributed by atoms with E-state index in [2.05, 4.69) is 9.97 Å². The Hall–Kier alpha value is -2.23. The molecular formula is C14H14N2O2. The number of ether oxygens (including phenoxy) is 1. The minimum absolute atomic E-state index is 0.335. The molecule has 0 bridgehead atoms.